The third-order valence-corrected chi connectivity index (χ3v) is 5.69. The number of carbonyl (C=O) groups is 1. The lowest BCUT2D eigenvalue weighted by atomic mass is 10.1. The molecule has 3 aromatic rings. The Hall–Kier alpha value is -2.24. The van der Waals surface area contributed by atoms with Gasteiger partial charge in [-0.2, -0.15) is 4.99 Å². The lowest BCUT2D eigenvalue weighted by molar-refractivity contribution is -0.118. The highest BCUT2D eigenvalue weighted by Crippen LogP contribution is 2.22. The zero-order valence-corrected chi connectivity index (χ0v) is 17.0. The molecule has 3 rings (SSSR count). The molecule has 0 aliphatic rings. The molecule has 1 aromatic heterocycles. The van der Waals surface area contributed by atoms with Crippen molar-refractivity contribution in [3.05, 3.63) is 64.0 Å². The van der Waals surface area contributed by atoms with E-state index in [9.17, 15) is 4.79 Å². The molecule has 1 heterocycles. The number of aromatic nitrogens is 1. The summed E-state index contributed by atoms with van der Waals surface area (Å²) in [5.74, 6) is -0.0796. The SMILES string of the molecule is CCOCCn1c(=NC(=O)CCc2ccccc2)sc2cc(C)c(C)cc21. The minimum absolute atomic E-state index is 0.0796. The quantitative estimate of drug-likeness (QED) is 0.568. The molecule has 0 atom stereocenters. The van der Waals surface area contributed by atoms with Gasteiger partial charge in [-0.15, -0.1) is 0 Å². The Morgan fingerprint density at radius 3 is 2.63 bits per heavy atom. The number of hydrogen-bond acceptors (Lipinski definition) is 3. The van der Waals surface area contributed by atoms with Gasteiger partial charge in [-0.3, -0.25) is 4.79 Å². The van der Waals surface area contributed by atoms with Gasteiger partial charge >= 0.3 is 0 Å². The van der Waals surface area contributed by atoms with Crippen LogP contribution in [0.25, 0.3) is 10.2 Å². The first-order chi connectivity index (χ1) is 13.1. The molecule has 0 radical (unpaired) electrons. The van der Waals surface area contributed by atoms with E-state index in [0.29, 0.717) is 32.6 Å². The average Bonchev–Trinajstić information content (AvgIpc) is 2.98. The molecule has 142 valence electrons. The average molecular weight is 383 g/mol. The van der Waals surface area contributed by atoms with Crippen LogP contribution in [0.15, 0.2) is 47.5 Å². The first-order valence-corrected chi connectivity index (χ1v) is 10.2. The van der Waals surface area contributed by atoms with Gasteiger partial charge in [0.2, 0.25) is 5.91 Å². The minimum atomic E-state index is -0.0796. The molecular weight excluding hydrogens is 356 g/mol. The van der Waals surface area contributed by atoms with Crippen molar-refractivity contribution >= 4 is 27.5 Å². The number of carbonyl (C=O) groups excluding carboxylic acids is 1. The minimum Gasteiger partial charge on any atom is -0.380 e. The van der Waals surface area contributed by atoms with Gasteiger partial charge in [-0.05, 0) is 56.0 Å². The van der Waals surface area contributed by atoms with Crippen molar-refractivity contribution in [3.8, 4) is 0 Å². The topological polar surface area (TPSA) is 43.6 Å². The Kier molecular flexibility index (Phi) is 6.58. The lowest BCUT2D eigenvalue weighted by Crippen LogP contribution is -2.20. The van der Waals surface area contributed by atoms with Crippen LogP contribution in [0.3, 0.4) is 0 Å². The molecule has 0 N–H and O–H groups in total. The van der Waals surface area contributed by atoms with Gasteiger partial charge in [0.25, 0.3) is 0 Å². The van der Waals surface area contributed by atoms with Crippen LogP contribution in [-0.2, 0) is 22.5 Å². The van der Waals surface area contributed by atoms with Crippen molar-refractivity contribution in [1.82, 2.24) is 4.57 Å². The van der Waals surface area contributed by atoms with Crippen molar-refractivity contribution in [1.29, 1.82) is 0 Å². The zero-order chi connectivity index (χ0) is 19.2. The molecule has 0 saturated carbocycles. The maximum atomic E-state index is 12.5. The molecule has 2 aromatic carbocycles. The molecule has 0 aliphatic carbocycles. The number of amides is 1. The summed E-state index contributed by atoms with van der Waals surface area (Å²) in [6, 6.07) is 14.4. The number of fused-ring (bicyclic) bond motifs is 1. The Labute approximate surface area is 164 Å². The molecule has 0 fully saturated rings. The van der Waals surface area contributed by atoms with E-state index >= 15 is 0 Å². The number of nitrogens with zero attached hydrogens (tertiary/aromatic N) is 2. The third kappa shape index (κ3) is 4.93. The fourth-order valence-electron chi connectivity index (χ4n) is 2.98. The number of benzene rings is 2. The smallest absolute Gasteiger partial charge is 0.248 e. The number of ether oxygens (including phenoxy) is 1. The summed E-state index contributed by atoms with van der Waals surface area (Å²) in [5, 5.41) is 0. The summed E-state index contributed by atoms with van der Waals surface area (Å²) in [7, 11) is 0. The van der Waals surface area contributed by atoms with E-state index in [2.05, 4.69) is 35.5 Å². The largest absolute Gasteiger partial charge is 0.380 e. The standard InChI is InChI=1S/C22H26N2O2S/c1-4-26-13-12-24-19-14-16(2)17(3)15-20(19)27-22(24)23-21(25)11-10-18-8-6-5-7-9-18/h5-9,14-15H,4,10-13H2,1-3H3. The van der Waals surface area contributed by atoms with Crippen LogP contribution < -0.4 is 4.80 Å². The van der Waals surface area contributed by atoms with E-state index in [1.54, 1.807) is 11.3 Å². The Bertz CT molecular complexity index is 987. The van der Waals surface area contributed by atoms with Crippen molar-refractivity contribution < 1.29 is 9.53 Å². The van der Waals surface area contributed by atoms with Crippen molar-refractivity contribution in [2.45, 2.75) is 40.2 Å². The van der Waals surface area contributed by atoms with E-state index in [4.69, 9.17) is 4.74 Å². The summed E-state index contributed by atoms with van der Waals surface area (Å²) in [6.45, 7) is 8.20. The molecule has 0 bridgehead atoms. The first kappa shape index (κ1) is 19.5. The van der Waals surface area contributed by atoms with Crippen LogP contribution >= 0.6 is 11.3 Å². The zero-order valence-electron chi connectivity index (χ0n) is 16.2. The fraction of sp³-hybridized carbons (Fsp3) is 0.364. The van der Waals surface area contributed by atoms with Gasteiger partial charge in [-0.25, -0.2) is 0 Å². The highest BCUT2D eigenvalue weighted by atomic mass is 32.1. The molecule has 27 heavy (non-hydrogen) atoms. The molecule has 4 nitrogen and oxygen atoms in total. The second kappa shape index (κ2) is 9.11. The van der Waals surface area contributed by atoms with Gasteiger partial charge in [0.1, 0.15) is 0 Å². The number of thiazole rings is 1. The summed E-state index contributed by atoms with van der Waals surface area (Å²) < 4.78 is 8.80. The molecule has 0 aliphatic heterocycles. The number of rotatable bonds is 7. The second-order valence-corrected chi connectivity index (χ2v) is 7.64. The molecule has 0 spiro atoms. The normalized spacial score (nSPS) is 12.0. The monoisotopic (exact) mass is 382 g/mol. The van der Waals surface area contributed by atoms with E-state index in [1.165, 1.54) is 11.1 Å². The van der Waals surface area contributed by atoms with E-state index in [0.717, 1.165) is 20.6 Å². The van der Waals surface area contributed by atoms with E-state index in [1.807, 2.05) is 37.3 Å². The summed E-state index contributed by atoms with van der Waals surface area (Å²) >= 11 is 1.57. The molecular formula is C22H26N2O2S. The van der Waals surface area contributed by atoms with E-state index in [-0.39, 0.29) is 5.91 Å². The fourth-order valence-corrected chi connectivity index (χ4v) is 4.13. The van der Waals surface area contributed by atoms with Crippen molar-refractivity contribution in [2.75, 3.05) is 13.2 Å². The third-order valence-electron chi connectivity index (χ3n) is 4.65. The Morgan fingerprint density at radius 1 is 1.15 bits per heavy atom. The van der Waals surface area contributed by atoms with Gasteiger partial charge in [0.15, 0.2) is 4.80 Å². The van der Waals surface area contributed by atoms with Gasteiger partial charge < -0.3 is 9.30 Å². The maximum absolute atomic E-state index is 12.5. The Balaban J connectivity index is 1.89. The number of aryl methyl sites for hydroxylation is 3. The van der Waals surface area contributed by atoms with E-state index < -0.39 is 0 Å². The predicted octanol–water partition coefficient (Wildman–Crippen LogP) is 4.42. The van der Waals surface area contributed by atoms with Crippen LogP contribution in [-0.4, -0.2) is 23.7 Å². The van der Waals surface area contributed by atoms with Gasteiger partial charge in [0, 0.05) is 19.6 Å². The highest BCUT2D eigenvalue weighted by molar-refractivity contribution is 7.16. The molecule has 1 amide bonds. The van der Waals surface area contributed by atoms with Gasteiger partial charge in [0.05, 0.1) is 16.8 Å². The first-order valence-electron chi connectivity index (χ1n) is 9.38. The Morgan fingerprint density at radius 2 is 1.89 bits per heavy atom. The van der Waals surface area contributed by atoms with Crippen molar-refractivity contribution in [2.24, 2.45) is 4.99 Å². The maximum Gasteiger partial charge on any atom is 0.248 e. The lowest BCUT2D eigenvalue weighted by Gasteiger charge is -2.07. The summed E-state index contributed by atoms with van der Waals surface area (Å²) in [6.07, 6.45) is 1.13. The van der Waals surface area contributed by atoms with Crippen molar-refractivity contribution in [3.63, 3.8) is 0 Å². The highest BCUT2D eigenvalue weighted by Gasteiger charge is 2.10. The molecule has 0 saturated heterocycles. The van der Waals surface area contributed by atoms with Gasteiger partial charge in [-0.1, -0.05) is 41.7 Å². The van der Waals surface area contributed by atoms with Crippen LogP contribution in [0.4, 0.5) is 0 Å². The second-order valence-electron chi connectivity index (χ2n) is 6.63. The predicted molar refractivity (Wildman–Crippen MR) is 111 cm³/mol. The molecule has 5 heteroatoms. The van der Waals surface area contributed by atoms with Crippen LogP contribution in [0, 0.1) is 13.8 Å². The number of hydrogen-bond donors (Lipinski definition) is 0. The van der Waals surface area contributed by atoms with Crippen LogP contribution in [0.5, 0.6) is 0 Å². The van der Waals surface area contributed by atoms with Crippen LogP contribution in [0.1, 0.15) is 30.0 Å². The summed E-state index contributed by atoms with van der Waals surface area (Å²) in [4.78, 5) is 17.7. The van der Waals surface area contributed by atoms with Crippen LogP contribution in [0.2, 0.25) is 0 Å². The molecule has 0 unspecified atom stereocenters. The summed E-state index contributed by atoms with van der Waals surface area (Å²) in [5.41, 5.74) is 4.78.